The number of aromatic amines is 1. The second-order valence-electron chi connectivity index (χ2n) is 5.06. The number of amides is 1. The van der Waals surface area contributed by atoms with Gasteiger partial charge in [-0.05, 0) is 11.6 Å². The molecule has 2 N–H and O–H groups in total. The molecule has 0 atom stereocenters. The normalized spacial score (nSPS) is 11.2. The Morgan fingerprint density at radius 3 is 2.58 bits per heavy atom. The van der Waals surface area contributed by atoms with Crippen molar-refractivity contribution in [3.05, 3.63) is 64.2 Å². The number of hydrogen-bond donors (Lipinski definition) is 2. The summed E-state index contributed by atoms with van der Waals surface area (Å²) < 4.78 is 0. The van der Waals surface area contributed by atoms with Crippen molar-refractivity contribution in [2.45, 2.75) is 6.42 Å². The van der Waals surface area contributed by atoms with Crippen LogP contribution in [0.1, 0.15) is 5.56 Å². The number of carbonyl (C=O) groups is 1. The summed E-state index contributed by atoms with van der Waals surface area (Å²) in [6.07, 6.45) is -0.0371. The lowest BCUT2D eigenvalue weighted by atomic mass is 10.1. The lowest BCUT2D eigenvalue weighted by Crippen LogP contribution is -1.98. The highest BCUT2D eigenvalue weighted by molar-refractivity contribution is 5.94. The zero-order chi connectivity index (χ0) is 17.1. The van der Waals surface area contributed by atoms with Gasteiger partial charge in [0.1, 0.15) is 0 Å². The summed E-state index contributed by atoms with van der Waals surface area (Å²) in [5.74, 6) is -0.684. The fraction of sp³-hybridized carbons (Fsp3) is 0.0625. The molecule has 0 saturated heterocycles. The number of hydrogen-bond acceptors (Lipinski definition) is 5. The number of fused-ring (bicyclic) bond motifs is 1. The summed E-state index contributed by atoms with van der Waals surface area (Å²) in [4.78, 5) is 24.7. The molecule has 0 saturated carbocycles. The Morgan fingerprint density at radius 2 is 1.88 bits per heavy atom. The molecule has 0 unspecified atom stereocenters. The topological polar surface area (TPSA) is 121 Å². The number of para-hydroxylation sites is 1. The lowest BCUT2D eigenvalue weighted by Gasteiger charge is -1.97. The first-order chi connectivity index (χ1) is 11.5. The van der Waals surface area contributed by atoms with Crippen molar-refractivity contribution in [3.63, 3.8) is 0 Å². The number of nitro groups is 1. The molecule has 8 nitrogen and oxygen atoms in total. The smallest absolute Gasteiger partial charge is 0.269 e. The van der Waals surface area contributed by atoms with Crippen molar-refractivity contribution in [2.24, 2.45) is 10.2 Å². The summed E-state index contributed by atoms with van der Waals surface area (Å²) in [5.41, 5.74) is 1.43. The van der Waals surface area contributed by atoms with Crippen molar-refractivity contribution in [1.82, 2.24) is 4.98 Å². The van der Waals surface area contributed by atoms with E-state index in [-0.39, 0.29) is 23.7 Å². The molecule has 1 heterocycles. The summed E-state index contributed by atoms with van der Waals surface area (Å²) in [6, 6.07) is 12.7. The number of nitrogens with zero attached hydrogens (tertiary/aromatic N) is 3. The van der Waals surface area contributed by atoms with Gasteiger partial charge in [-0.15, -0.1) is 10.2 Å². The fourth-order valence-corrected chi connectivity index (χ4v) is 2.27. The van der Waals surface area contributed by atoms with Crippen LogP contribution in [0.3, 0.4) is 0 Å². The second kappa shape index (κ2) is 6.29. The molecule has 0 spiro atoms. The number of non-ortho nitro benzene ring substituents is 1. The summed E-state index contributed by atoms with van der Waals surface area (Å²) in [5, 5.41) is 28.5. The molecule has 3 aromatic rings. The van der Waals surface area contributed by atoms with Gasteiger partial charge in [-0.3, -0.25) is 14.9 Å². The minimum atomic E-state index is -0.520. The highest BCUT2D eigenvalue weighted by atomic mass is 16.6. The lowest BCUT2D eigenvalue weighted by molar-refractivity contribution is -0.384. The first kappa shape index (κ1) is 15.3. The van der Waals surface area contributed by atoms with E-state index in [2.05, 4.69) is 15.2 Å². The zero-order valence-electron chi connectivity index (χ0n) is 12.3. The Hall–Kier alpha value is -3.55. The standard InChI is InChI=1S/C16H12N4O4/c21-14(9-10-5-7-11(8-6-10)20(23)24)18-19-15-12-3-1-2-4-13(12)17-16(15)22/h1-8,17,22H,9H2. The van der Waals surface area contributed by atoms with E-state index >= 15 is 0 Å². The minimum absolute atomic E-state index is 0.0371. The molecular formula is C16H12N4O4. The van der Waals surface area contributed by atoms with E-state index in [1.54, 1.807) is 24.3 Å². The Kier molecular flexibility index (Phi) is 4.02. The van der Waals surface area contributed by atoms with E-state index < -0.39 is 10.8 Å². The average molecular weight is 324 g/mol. The van der Waals surface area contributed by atoms with E-state index in [1.165, 1.54) is 24.3 Å². The molecule has 0 bridgehead atoms. The monoisotopic (exact) mass is 324 g/mol. The third-order valence-corrected chi connectivity index (χ3v) is 3.42. The highest BCUT2D eigenvalue weighted by Crippen LogP contribution is 2.35. The molecule has 0 aliphatic rings. The number of benzene rings is 2. The number of aromatic nitrogens is 1. The third kappa shape index (κ3) is 3.12. The quantitative estimate of drug-likeness (QED) is 0.432. The SMILES string of the molecule is O=C(Cc1ccc([N+](=O)[O-])cc1)N=Nc1c(O)[nH]c2ccccc12. The van der Waals surface area contributed by atoms with Gasteiger partial charge >= 0.3 is 0 Å². The molecule has 0 aliphatic heterocycles. The van der Waals surface area contributed by atoms with Crippen LogP contribution < -0.4 is 0 Å². The Balaban J connectivity index is 1.75. The van der Waals surface area contributed by atoms with Gasteiger partial charge in [0.25, 0.3) is 11.6 Å². The molecular weight excluding hydrogens is 312 g/mol. The van der Waals surface area contributed by atoms with Crippen molar-refractivity contribution in [1.29, 1.82) is 0 Å². The number of rotatable bonds is 4. The maximum atomic E-state index is 11.9. The third-order valence-electron chi connectivity index (χ3n) is 3.42. The first-order valence-corrected chi connectivity index (χ1v) is 7.02. The molecule has 1 amide bonds. The Morgan fingerprint density at radius 1 is 1.17 bits per heavy atom. The van der Waals surface area contributed by atoms with Crippen LogP contribution in [0, 0.1) is 10.1 Å². The summed E-state index contributed by atoms with van der Waals surface area (Å²) in [6.45, 7) is 0. The van der Waals surface area contributed by atoms with Crippen LogP contribution >= 0.6 is 0 Å². The Labute approximate surface area is 135 Å². The number of nitrogens with one attached hydrogen (secondary N) is 1. The predicted octanol–water partition coefficient (Wildman–Crippen LogP) is 3.63. The van der Waals surface area contributed by atoms with Crippen LogP contribution in [0.5, 0.6) is 5.88 Å². The number of carbonyl (C=O) groups excluding carboxylic acids is 1. The number of H-pyrrole nitrogens is 1. The molecule has 2 aromatic carbocycles. The van der Waals surface area contributed by atoms with E-state index in [9.17, 15) is 20.0 Å². The molecule has 24 heavy (non-hydrogen) atoms. The zero-order valence-corrected chi connectivity index (χ0v) is 12.3. The van der Waals surface area contributed by atoms with E-state index in [0.717, 1.165) is 0 Å². The van der Waals surface area contributed by atoms with Gasteiger partial charge in [-0.25, -0.2) is 0 Å². The first-order valence-electron chi connectivity index (χ1n) is 7.02. The number of aromatic hydroxyl groups is 1. The average Bonchev–Trinajstić information content (AvgIpc) is 2.88. The molecule has 1 aromatic heterocycles. The van der Waals surface area contributed by atoms with E-state index in [4.69, 9.17) is 0 Å². The Bertz CT molecular complexity index is 944. The maximum absolute atomic E-state index is 11.9. The van der Waals surface area contributed by atoms with Crippen LogP contribution in [-0.4, -0.2) is 20.9 Å². The van der Waals surface area contributed by atoms with Crippen LogP contribution in [0.15, 0.2) is 58.8 Å². The minimum Gasteiger partial charge on any atom is -0.493 e. The molecule has 0 fully saturated rings. The number of azo groups is 1. The van der Waals surface area contributed by atoms with Crippen LogP contribution in [-0.2, 0) is 11.2 Å². The van der Waals surface area contributed by atoms with Gasteiger partial charge in [-0.1, -0.05) is 30.3 Å². The van der Waals surface area contributed by atoms with Gasteiger partial charge in [0.15, 0.2) is 5.69 Å². The second-order valence-corrected chi connectivity index (χ2v) is 5.06. The van der Waals surface area contributed by atoms with Crippen LogP contribution in [0.2, 0.25) is 0 Å². The van der Waals surface area contributed by atoms with Gasteiger partial charge in [0, 0.05) is 17.5 Å². The summed E-state index contributed by atoms with van der Waals surface area (Å²) >= 11 is 0. The van der Waals surface area contributed by atoms with Gasteiger partial charge in [0.2, 0.25) is 5.88 Å². The van der Waals surface area contributed by atoms with E-state index in [0.29, 0.717) is 16.5 Å². The number of nitro benzene ring substituents is 1. The van der Waals surface area contributed by atoms with Crippen LogP contribution in [0.25, 0.3) is 10.9 Å². The van der Waals surface area contributed by atoms with Crippen molar-refractivity contribution in [3.8, 4) is 5.88 Å². The fourth-order valence-electron chi connectivity index (χ4n) is 2.27. The maximum Gasteiger partial charge on any atom is 0.269 e. The molecule has 3 rings (SSSR count). The molecule has 120 valence electrons. The van der Waals surface area contributed by atoms with Gasteiger partial charge in [0.05, 0.1) is 16.9 Å². The predicted molar refractivity (Wildman–Crippen MR) is 86.3 cm³/mol. The highest BCUT2D eigenvalue weighted by Gasteiger charge is 2.11. The van der Waals surface area contributed by atoms with Crippen molar-refractivity contribution < 1.29 is 14.8 Å². The van der Waals surface area contributed by atoms with Crippen LogP contribution in [0.4, 0.5) is 11.4 Å². The van der Waals surface area contributed by atoms with Crippen molar-refractivity contribution >= 4 is 28.2 Å². The molecule has 0 aliphatic carbocycles. The van der Waals surface area contributed by atoms with Crippen molar-refractivity contribution in [2.75, 3.05) is 0 Å². The van der Waals surface area contributed by atoms with Gasteiger partial charge < -0.3 is 10.1 Å². The van der Waals surface area contributed by atoms with E-state index in [1.807, 2.05) is 0 Å². The molecule has 8 heteroatoms. The molecule has 0 radical (unpaired) electrons. The largest absolute Gasteiger partial charge is 0.493 e. The summed E-state index contributed by atoms with van der Waals surface area (Å²) in [7, 11) is 0. The van der Waals surface area contributed by atoms with Gasteiger partial charge in [-0.2, -0.15) is 0 Å².